The Morgan fingerprint density at radius 1 is 1.04 bits per heavy atom. The molecule has 0 aliphatic rings. The Kier molecular flexibility index (Phi) is 4.93. The SMILES string of the molecule is COC(=O)c1c(COC(=O)c2ccc(C)nc2)nc2ccccc2c1C. The van der Waals surface area contributed by atoms with Crippen LogP contribution in [0.5, 0.6) is 0 Å². The number of aryl methyl sites for hydroxylation is 2. The van der Waals surface area contributed by atoms with Gasteiger partial charge >= 0.3 is 11.9 Å². The number of hydrogen-bond donors (Lipinski definition) is 0. The molecule has 3 rings (SSSR count). The summed E-state index contributed by atoms with van der Waals surface area (Å²) in [5.74, 6) is -1.04. The van der Waals surface area contributed by atoms with Crippen molar-refractivity contribution in [3.63, 3.8) is 0 Å². The van der Waals surface area contributed by atoms with Gasteiger partial charge in [0.1, 0.15) is 6.61 Å². The topological polar surface area (TPSA) is 78.4 Å². The van der Waals surface area contributed by atoms with Gasteiger partial charge in [-0.05, 0) is 37.6 Å². The predicted molar refractivity (Wildman–Crippen MR) is 95.9 cm³/mol. The number of carbonyl (C=O) groups is 2. The lowest BCUT2D eigenvalue weighted by Crippen LogP contribution is -2.14. The average molecular weight is 350 g/mol. The highest BCUT2D eigenvalue weighted by Crippen LogP contribution is 2.24. The molecule has 26 heavy (non-hydrogen) atoms. The molecule has 2 heterocycles. The number of para-hydroxylation sites is 1. The van der Waals surface area contributed by atoms with Gasteiger partial charge < -0.3 is 9.47 Å². The second-order valence-corrected chi connectivity index (χ2v) is 5.83. The fraction of sp³-hybridized carbons (Fsp3) is 0.200. The Labute approximate surface area is 150 Å². The van der Waals surface area contributed by atoms with E-state index in [1.807, 2.05) is 38.1 Å². The molecule has 0 spiro atoms. The summed E-state index contributed by atoms with van der Waals surface area (Å²) in [5, 5.41) is 0.853. The standard InChI is InChI=1S/C20H18N2O4/c1-12-8-9-14(10-21-12)19(23)26-11-17-18(20(24)25-3)13(2)15-6-4-5-7-16(15)22-17/h4-10H,11H2,1-3H3. The van der Waals surface area contributed by atoms with E-state index in [4.69, 9.17) is 9.47 Å². The number of ether oxygens (including phenoxy) is 2. The number of fused-ring (bicyclic) bond motifs is 1. The minimum absolute atomic E-state index is 0.136. The quantitative estimate of drug-likeness (QED) is 0.671. The molecule has 6 heteroatoms. The molecule has 0 aliphatic heterocycles. The summed E-state index contributed by atoms with van der Waals surface area (Å²) in [7, 11) is 1.31. The van der Waals surface area contributed by atoms with Gasteiger partial charge in [-0.3, -0.25) is 4.98 Å². The van der Waals surface area contributed by atoms with E-state index >= 15 is 0 Å². The number of rotatable bonds is 4. The highest BCUT2D eigenvalue weighted by atomic mass is 16.5. The van der Waals surface area contributed by atoms with Crippen LogP contribution in [0, 0.1) is 13.8 Å². The van der Waals surface area contributed by atoms with Crippen molar-refractivity contribution in [3.8, 4) is 0 Å². The Balaban J connectivity index is 1.94. The van der Waals surface area contributed by atoms with Gasteiger partial charge in [0.05, 0.1) is 29.4 Å². The molecule has 0 fully saturated rings. The van der Waals surface area contributed by atoms with E-state index < -0.39 is 11.9 Å². The molecular weight excluding hydrogens is 332 g/mol. The summed E-state index contributed by atoms with van der Waals surface area (Å²) in [6.07, 6.45) is 1.46. The van der Waals surface area contributed by atoms with Crippen molar-refractivity contribution in [3.05, 3.63) is 70.7 Å². The highest BCUT2D eigenvalue weighted by molar-refractivity contribution is 5.98. The van der Waals surface area contributed by atoms with Crippen molar-refractivity contribution < 1.29 is 19.1 Å². The normalized spacial score (nSPS) is 10.6. The number of hydrogen-bond acceptors (Lipinski definition) is 6. The van der Waals surface area contributed by atoms with Crippen LogP contribution >= 0.6 is 0 Å². The van der Waals surface area contributed by atoms with Crippen molar-refractivity contribution in [2.45, 2.75) is 20.5 Å². The minimum atomic E-state index is -0.527. The van der Waals surface area contributed by atoms with Crippen molar-refractivity contribution in [1.29, 1.82) is 0 Å². The van der Waals surface area contributed by atoms with Gasteiger partial charge in [0, 0.05) is 17.3 Å². The number of nitrogens with zero attached hydrogens (tertiary/aromatic N) is 2. The number of esters is 2. The zero-order valence-electron chi connectivity index (χ0n) is 14.8. The lowest BCUT2D eigenvalue weighted by molar-refractivity contribution is 0.0455. The van der Waals surface area contributed by atoms with Gasteiger partial charge in [0.25, 0.3) is 0 Å². The number of pyridine rings is 2. The third kappa shape index (κ3) is 3.39. The van der Waals surface area contributed by atoms with Gasteiger partial charge in [0.15, 0.2) is 0 Å². The van der Waals surface area contributed by atoms with Crippen molar-refractivity contribution >= 4 is 22.8 Å². The first kappa shape index (κ1) is 17.5. The van der Waals surface area contributed by atoms with Gasteiger partial charge in [0.2, 0.25) is 0 Å². The molecule has 0 aliphatic carbocycles. The molecule has 0 saturated heterocycles. The van der Waals surface area contributed by atoms with E-state index in [0.717, 1.165) is 22.2 Å². The Morgan fingerprint density at radius 2 is 1.81 bits per heavy atom. The summed E-state index contributed by atoms with van der Waals surface area (Å²) < 4.78 is 10.2. The van der Waals surface area contributed by atoms with E-state index in [-0.39, 0.29) is 6.61 Å². The van der Waals surface area contributed by atoms with Gasteiger partial charge in [-0.15, -0.1) is 0 Å². The first-order chi connectivity index (χ1) is 12.5. The highest BCUT2D eigenvalue weighted by Gasteiger charge is 2.20. The molecule has 0 radical (unpaired) electrons. The van der Waals surface area contributed by atoms with E-state index in [1.165, 1.54) is 13.3 Å². The third-order valence-corrected chi connectivity index (χ3v) is 4.10. The molecule has 0 amide bonds. The smallest absolute Gasteiger partial charge is 0.340 e. The van der Waals surface area contributed by atoms with E-state index in [1.54, 1.807) is 12.1 Å². The summed E-state index contributed by atoms with van der Waals surface area (Å²) in [6, 6.07) is 10.8. The van der Waals surface area contributed by atoms with Crippen LogP contribution in [0.15, 0.2) is 42.6 Å². The first-order valence-electron chi connectivity index (χ1n) is 8.07. The number of carbonyl (C=O) groups excluding carboxylic acids is 2. The van der Waals surface area contributed by atoms with Gasteiger partial charge in [-0.1, -0.05) is 18.2 Å². The lowest BCUT2D eigenvalue weighted by atomic mass is 10.0. The number of benzene rings is 1. The summed E-state index contributed by atoms with van der Waals surface area (Å²) in [5.41, 5.74) is 3.29. The molecule has 132 valence electrons. The number of aromatic nitrogens is 2. The maximum atomic E-state index is 12.2. The molecule has 0 saturated carbocycles. The van der Waals surface area contributed by atoms with Crippen molar-refractivity contribution in [1.82, 2.24) is 9.97 Å². The van der Waals surface area contributed by atoms with Crippen LogP contribution in [0.1, 0.15) is 37.7 Å². The Hall–Kier alpha value is -3.28. The average Bonchev–Trinajstić information content (AvgIpc) is 2.66. The van der Waals surface area contributed by atoms with E-state index in [9.17, 15) is 9.59 Å². The molecule has 0 atom stereocenters. The van der Waals surface area contributed by atoms with Crippen molar-refractivity contribution in [2.24, 2.45) is 0 Å². The van der Waals surface area contributed by atoms with Gasteiger partial charge in [-0.2, -0.15) is 0 Å². The molecule has 0 unspecified atom stereocenters. The fourth-order valence-electron chi connectivity index (χ4n) is 2.72. The predicted octanol–water partition coefficient (Wildman–Crippen LogP) is 3.39. The molecule has 2 aromatic heterocycles. The zero-order valence-corrected chi connectivity index (χ0v) is 14.8. The maximum Gasteiger partial charge on any atom is 0.340 e. The van der Waals surface area contributed by atoms with Crippen LogP contribution in [0.4, 0.5) is 0 Å². The van der Waals surface area contributed by atoms with Crippen LogP contribution in [0.2, 0.25) is 0 Å². The second kappa shape index (κ2) is 7.31. The van der Waals surface area contributed by atoms with Crippen molar-refractivity contribution in [2.75, 3.05) is 7.11 Å². The van der Waals surface area contributed by atoms with E-state index in [0.29, 0.717) is 16.8 Å². The first-order valence-corrected chi connectivity index (χ1v) is 8.07. The van der Waals surface area contributed by atoms with Crippen LogP contribution in [0.25, 0.3) is 10.9 Å². The molecule has 3 aromatic rings. The zero-order chi connectivity index (χ0) is 18.7. The Bertz CT molecular complexity index is 981. The minimum Gasteiger partial charge on any atom is -0.465 e. The second-order valence-electron chi connectivity index (χ2n) is 5.83. The molecule has 0 N–H and O–H groups in total. The summed E-state index contributed by atoms with van der Waals surface area (Å²) in [6.45, 7) is 3.52. The Morgan fingerprint density at radius 3 is 2.50 bits per heavy atom. The van der Waals surface area contributed by atoms with Crippen LogP contribution < -0.4 is 0 Å². The van der Waals surface area contributed by atoms with Crippen LogP contribution in [-0.4, -0.2) is 29.0 Å². The summed E-state index contributed by atoms with van der Waals surface area (Å²) >= 11 is 0. The van der Waals surface area contributed by atoms with Crippen LogP contribution in [0.3, 0.4) is 0 Å². The molecule has 1 aromatic carbocycles. The van der Waals surface area contributed by atoms with Crippen LogP contribution in [-0.2, 0) is 16.1 Å². The fourth-order valence-corrected chi connectivity index (χ4v) is 2.72. The lowest BCUT2D eigenvalue weighted by Gasteiger charge is -2.13. The monoisotopic (exact) mass is 350 g/mol. The maximum absolute atomic E-state index is 12.2. The third-order valence-electron chi connectivity index (χ3n) is 4.10. The number of methoxy groups -OCH3 is 1. The molecule has 6 nitrogen and oxygen atoms in total. The molecule has 0 bridgehead atoms. The van der Waals surface area contributed by atoms with Gasteiger partial charge in [-0.25, -0.2) is 14.6 Å². The largest absolute Gasteiger partial charge is 0.465 e. The molecular formula is C20H18N2O4. The summed E-state index contributed by atoms with van der Waals surface area (Å²) in [4.78, 5) is 33.0. The van der Waals surface area contributed by atoms with E-state index in [2.05, 4.69) is 9.97 Å².